The first-order valence-corrected chi connectivity index (χ1v) is 5.27. The molecule has 14 heavy (non-hydrogen) atoms. The molecular weight excluding hydrogens is 260 g/mol. The number of aromatic nitrogens is 2. The van der Waals surface area contributed by atoms with E-state index < -0.39 is 0 Å². The van der Waals surface area contributed by atoms with Crippen molar-refractivity contribution in [2.75, 3.05) is 0 Å². The summed E-state index contributed by atoms with van der Waals surface area (Å²) < 4.78 is 1.72. The van der Waals surface area contributed by atoms with Crippen molar-refractivity contribution in [3.8, 4) is 11.4 Å². The van der Waals surface area contributed by atoms with Gasteiger partial charge in [0, 0.05) is 16.2 Å². The maximum atomic E-state index is 5.03. The normalized spacial score (nSPS) is 10.1. The van der Waals surface area contributed by atoms with Crippen LogP contribution in [0.15, 0.2) is 41.0 Å². The highest BCUT2D eigenvalue weighted by Gasteiger charge is 1.98. The Kier molecular flexibility index (Phi) is 2.74. The largest absolute Gasteiger partial charge is 0.331 e. The zero-order valence-electron chi connectivity index (χ0n) is 7.20. The second kappa shape index (κ2) is 4.02. The summed E-state index contributed by atoms with van der Waals surface area (Å²) in [5.74, 6) is 0.791. The van der Waals surface area contributed by atoms with Gasteiger partial charge in [0.05, 0.1) is 0 Å². The lowest BCUT2D eigenvalue weighted by atomic mass is 10.2. The summed E-state index contributed by atoms with van der Waals surface area (Å²) in [6.07, 6.45) is 1.70. The van der Waals surface area contributed by atoms with Crippen LogP contribution in [-0.4, -0.2) is 9.97 Å². The van der Waals surface area contributed by atoms with Crippen LogP contribution >= 0.6 is 28.1 Å². The molecule has 4 heteroatoms. The van der Waals surface area contributed by atoms with E-state index in [2.05, 4.69) is 25.9 Å². The quantitative estimate of drug-likeness (QED) is 0.800. The molecule has 1 heterocycles. The van der Waals surface area contributed by atoms with Crippen molar-refractivity contribution < 1.29 is 0 Å². The van der Waals surface area contributed by atoms with E-state index in [1.165, 1.54) is 0 Å². The van der Waals surface area contributed by atoms with E-state index in [0.29, 0.717) is 4.64 Å². The molecule has 2 nitrogen and oxygen atoms in total. The molecule has 0 amide bonds. The van der Waals surface area contributed by atoms with E-state index in [1.807, 2.05) is 24.3 Å². The maximum Gasteiger partial charge on any atom is 0.138 e. The summed E-state index contributed by atoms with van der Waals surface area (Å²) in [4.78, 5) is 7.24. The molecule has 0 bridgehead atoms. The van der Waals surface area contributed by atoms with Crippen molar-refractivity contribution in [3.63, 3.8) is 0 Å². The van der Waals surface area contributed by atoms with Crippen molar-refractivity contribution in [2.24, 2.45) is 0 Å². The van der Waals surface area contributed by atoms with Gasteiger partial charge in [-0.1, -0.05) is 40.3 Å². The first-order valence-electron chi connectivity index (χ1n) is 4.07. The van der Waals surface area contributed by atoms with E-state index in [4.69, 9.17) is 12.2 Å². The number of nitrogens with one attached hydrogen (secondary N) is 1. The molecule has 0 fully saturated rings. The van der Waals surface area contributed by atoms with Gasteiger partial charge in [-0.25, -0.2) is 4.98 Å². The molecule has 0 unspecified atom stereocenters. The molecule has 2 rings (SSSR count). The summed E-state index contributed by atoms with van der Waals surface area (Å²) in [5.41, 5.74) is 1.02. The molecule has 2 aromatic rings. The molecule has 0 saturated heterocycles. The van der Waals surface area contributed by atoms with Gasteiger partial charge < -0.3 is 4.98 Å². The first kappa shape index (κ1) is 9.55. The highest BCUT2D eigenvalue weighted by molar-refractivity contribution is 9.10. The van der Waals surface area contributed by atoms with Crippen molar-refractivity contribution in [3.05, 3.63) is 45.6 Å². The summed E-state index contributed by atoms with van der Waals surface area (Å²) in [5, 5.41) is 0. The van der Waals surface area contributed by atoms with Crippen LogP contribution in [0.2, 0.25) is 0 Å². The fraction of sp³-hybridized carbons (Fsp3) is 0. The average Bonchev–Trinajstić information content (AvgIpc) is 2.18. The van der Waals surface area contributed by atoms with Gasteiger partial charge in [0.15, 0.2) is 0 Å². The number of hydrogen-bond acceptors (Lipinski definition) is 2. The van der Waals surface area contributed by atoms with E-state index in [9.17, 15) is 0 Å². The van der Waals surface area contributed by atoms with Crippen LogP contribution in [0, 0.1) is 4.64 Å². The Morgan fingerprint density at radius 1 is 1.29 bits per heavy atom. The minimum absolute atomic E-state index is 0.690. The van der Waals surface area contributed by atoms with Crippen LogP contribution in [0.1, 0.15) is 0 Å². The summed E-state index contributed by atoms with van der Waals surface area (Å²) in [6, 6.07) is 9.68. The van der Waals surface area contributed by atoms with Gasteiger partial charge in [-0.2, -0.15) is 0 Å². The summed E-state index contributed by atoms with van der Waals surface area (Å²) in [6.45, 7) is 0. The third-order valence-corrected chi connectivity index (χ3v) is 2.50. The average molecular weight is 267 g/mol. The van der Waals surface area contributed by atoms with Gasteiger partial charge in [0.2, 0.25) is 0 Å². The number of aromatic amines is 1. The molecule has 0 aliphatic carbocycles. The Hall–Kier alpha value is -1.00. The second-order valence-corrected chi connectivity index (χ2v) is 4.15. The van der Waals surface area contributed by atoms with Gasteiger partial charge in [0.1, 0.15) is 10.5 Å². The topological polar surface area (TPSA) is 28.7 Å². The van der Waals surface area contributed by atoms with Crippen molar-refractivity contribution in [2.45, 2.75) is 0 Å². The number of rotatable bonds is 1. The van der Waals surface area contributed by atoms with Crippen molar-refractivity contribution in [1.29, 1.82) is 0 Å². The molecule has 0 atom stereocenters. The Morgan fingerprint density at radius 2 is 2.14 bits per heavy atom. The molecule has 1 N–H and O–H groups in total. The molecular formula is C10H7BrN2S. The third-order valence-electron chi connectivity index (χ3n) is 1.77. The van der Waals surface area contributed by atoms with Crippen molar-refractivity contribution >= 4 is 28.1 Å². The molecule has 1 aromatic carbocycles. The van der Waals surface area contributed by atoms with Crippen LogP contribution < -0.4 is 0 Å². The predicted octanol–water partition coefficient (Wildman–Crippen LogP) is 3.57. The molecule has 0 spiro atoms. The van der Waals surface area contributed by atoms with Gasteiger partial charge >= 0.3 is 0 Å². The van der Waals surface area contributed by atoms with Crippen LogP contribution in [0.5, 0.6) is 0 Å². The summed E-state index contributed by atoms with van der Waals surface area (Å²) >= 11 is 8.44. The number of benzene rings is 1. The predicted molar refractivity (Wildman–Crippen MR) is 62.6 cm³/mol. The Labute approximate surface area is 95.2 Å². The number of nitrogens with zero attached hydrogens (tertiary/aromatic N) is 1. The van der Waals surface area contributed by atoms with Crippen LogP contribution in [0.3, 0.4) is 0 Å². The Balaban J connectivity index is 2.55. The first-order chi connectivity index (χ1) is 6.75. The van der Waals surface area contributed by atoms with Crippen LogP contribution in [0.4, 0.5) is 0 Å². The molecule has 0 radical (unpaired) electrons. The highest BCUT2D eigenvalue weighted by Crippen LogP contribution is 2.18. The molecule has 1 aromatic heterocycles. The van der Waals surface area contributed by atoms with Crippen LogP contribution in [0.25, 0.3) is 11.4 Å². The summed E-state index contributed by atoms with van der Waals surface area (Å²) in [7, 11) is 0. The molecule has 0 aliphatic rings. The fourth-order valence-electron chi connectivity index (χ4n) is 1.15. The number of halogens is 1. The van der Waals surface area contributed by atoms with Gasteiger partial charge in [-0.15, -0.1) is 0 Å². The molecule has 0 saturated carbocycles. The Bertz CT molecular complexity index is 507. The Morgan fingerprint density at radius 3 is 2.86 bits per heavy atom. The zero-order valence-corrected chi connectivity index (χ0v) is 9.60. The zero-order chi connectivity index (χ0) is 9.97. The molecule has 70 valence electrons. The smallest absolute Gasteiger partial charge is 0.138 e. The lowest BCUT2D eigenvalue weighted by Gasteiger charge is -2.00. The lowest BCUT2D eigenvalue weighted by molar-refractivity contribution is 1.16. The monoisotopic (exact) mass is 266 g/mol. The number of H-pyrrole nitrogens is 1. The van der Waals surface area contributed by atoms with Gasteiger partial charge in [0.25, 0.3) is 0 Å². The minimum atomic E-state index is 0.690. The van der Waals surface area contributed by atoms with Crippen molar-refractivity contribution in [1.82, 2.24) is 9.97 Å². The van der Waals surface area contributed by atoms with E-state index in [1.54, 1.807) is 12.3 Å². The van der Waals surface area contributed by atoms with Gasteiger partial charge in [-0.3, -0.25) is 0 Å². The minimum Gasteiger partial charge on any atom is -0.331 e. The van der Waals surface area contributed by atoms with E-state index in [0.717, 1.165) is 15.9 Å². The SMILES string of the molecule is S=c1ccnc(-c2cccc(Br)c2)[nH]1. The maximum absolute atomic E-state index is 5.03. The molecule has 0 aliphatic heterocycles. The van der Waals surface area contributed by atoms with E-state index >= 15 is 0 Å². The standard InChI is InChI=1S/C10H7BrN2S/c11-8-3-1-2-7(6-8)10-12-5-4-9(14)13-10/h1-6H,(H,12,13,14). The van der Waals surface area contributed by atoms with Gasteiger partial charge in [-0.05, 0) is 18.2 Å². The number of hydrogen-bond donors (Lipinski definition) is 1. The van der Waals surface area contributed by atoms with Crippen LogP contribution in [-0.2, 0) is 0 Å². The highest BCUT2D eigenvalue weighted by atomic mass is 79.9. The fourth-order valence-corrected chi connectivity index (χ4v) is 1.71. The third kappa shape index (κ3) is 2.08. The lowest BCUT2D eigenvalue weighted by Crippen LogP contribution is -1.87. The second-order valence-electron chi connectivity index (χ2n) is 2.79. The van der Waals surface area contributed by atoms with E-state index in [-0.39, 0.29) is 0 Å².